The number of ether oxygens (including phenoxy) is 1. The van der Waals surface area contributed by atoms with Gasteiger partial charge in [-0.2, -0.15) is 0 Å². The smallest absolute Gasteiger partial charge is 0.274 e. The van der Waals surface area contributed by atoms with Crippen LogP contribution in [0.5, 0.6) is 0 Å². The van der Waals surface area contributed by atoms with Crippen LogP contribution in [0, 0.1) is 5.92 Å². The molecule has 1 saturated heterocycles. The molecule has 1 aliphatic heterocycles. The van der Waals surface area contributed by atoms with Gasteiger partial charge in [-0.3, -0.25) is 4.79 Å². The van der Waals surface area contributed by atoms with Gasteiger partial charge in [-0.15, -0.1) is 0 Å². The summed E-state index contributed by atoms with van der Waals surface area (Å²) < 4.78 is 4.94. The number of carbonyl (C=O) groups excluding carboxylic acids is 1. The van der Waals surface area contributed by atoms with E-state index in [2.05, 4.69) is 22.2 Å². The molecule has 1 unspecified atom stereocenters. The van der Waals surface area contributed by atoms with Crippen LogP contribution < -0.4 is 5.32 Å². The Morgan fingerprint density at radius 3 is 3.00 bits per heavy atom. The monoisotopic (exact) mass is 278 g/mol. The predicted molar refractivity (Wildman–Crippen MR) is 76.7 cm³/mol. The highest BCUT2D eigenvalue weighted by Gasteiger charge is 2.22. The average Bonchev–Trinajstić information content (AvgIpc) is 2.47. The highest BCUT2D eigenvalue weighted by molar-refractivity contribution is 5.92. The summed E-state index contributed by atoms with van der Waals surface area (Å²) in [5.74, 6) is 1.20. The van der Waals surface area contributed by atoms with E-state index in [-0.39, 0.29) is 5.91 Å². The first-order chi connectivity index (χ1) is 9.70. The summed E-state index contributed by atoms with van der Waals surface area (Å²) in [6.07, 6.45) is 5.39. The van der Waals surface area contributed by atoms with Crippen molar-refractivity contribution in [2.45, 2.75) is 19.8 Å². The Morgan fingerprint density at radius 1 is 1.50 bits per heavy atom. The van der Waals surface area contributed by atoms with E-state index < -0.39 is 0 Å². The molecule has 1 amide bonds. The maximum Gasteiger partial charge on any atom is 0.274 e. The first-order valence-electron chi connectivity index (χ1n) is 7.05. The van der Waals surface area contributed by atoms with Crippen molar-refractivity contribution in [2.75, 3.05) is 38.7 Å². The van der Waals surface area contributed by atoms with Crippen molar-refractivity contribution in [1.82, 2.24) is 14.9 Å². The van der Waals surface area contributed by atoms with Crippen molar-refractivity contribution in [3.05, 3.63) is 18.1 Å². The van der Waals surface area contributed by atoms with Gasteiger partial charge in [0.25, 0.3) is 5.91 Å². The zero-order valence-electron chi connectivity index (χ0n) is 12.1. The minimum absolute atomic E-state index is 0.0208. The molecular weight excluding hydrogens is 256 g/mol. The second-order valence-electron chi connectivity index (χ2n) is 5.21. The second-order valence-corrected chi connectivity index (χ2v) is 5.21. The molecule has 20 heavy (non-hydrogen) atoms. The lowest BCUT2D eigenvalue weighted by molar-refractivity contribution is 0.0676. The van der Waals surface area contributed by atoms with Crippen molar-refractivity contribution in [1.29, 1.82) is 0 Å². The largest absolute Gasteiger partial charge is 0.383 e. The van der Waals surface area contributed by atoms with Crippen LogP contribution in [0.25, 0.3) is 0 Å². The molecule has 6 heteroatoms. The summed E-state index contributed by atoms with van der Waals surface area (Å²) in [4.78, 5) is 22.6. The van der Waals surface area contributed by atoms with E-state index >= 15 is 0 Å². The minimum Gasteiger partial charge on any atom is -0.383 e. The fourth-order valence-electron chi connectivity index (χ4n) is 2.35. The van der Waals surface area contributed by atoms with Gasteiger partial charge in [0, 0.05) is 26.7 Å². The van der Waals surface area contributed by atoms with Crippen molar-refractivity contribution < 1.29 is 9.53 Å². The van der Waals surface area contributed by atoms with Gasteiger partial charge in [-0.05, 0) is 18.8 Å². The topological polar surface area (TPSA) is 67.3 Å². The summed E-state index contributed by atoms with van der Waals surface area (Å²) >= 11 is 0. The molecule has 1 aromatic rings. The Bertz CT molecular complexity index is 435. The van der Waals surface area contributed by atoms with E-state index in [1.165, 1.54) is 12.6 Å². The summed E-state index contributed by atoms with van der Waals surface area (Å²) in [6, 6.07) is 0. The Hall–Kier alpha value is -1.69. The van der Waals surface area contributed by atoms with Crippen LogP contribution in [-0.4, -0.2) is 54.1 Å². The normalized spacial score (nSPS) is 18.9. The number of nitrogens with zero attached hydrogens (tertiary/aromatic N) is 3. The van der Waals surface area contributed by atoms with E-state index in [0.717, 1.165) is 19.5 Å². The fraction of sp³-hybridized carbons (Fsp3) is 0.643. The van der Waals surface area contributed by atoms with Gasteiger partial charge >= 0.3 is 0 Å². The lowest BCUT2D eigenvalue weighted by Crippen LogP contribution is -2.39. The average molecular weight is 278 g/mol. The van der Waals surface area contributed by atoms with Gasteiger partial charge in [0.1, 0.15) is 11.5 Å². The molecule has 1 N–H and O–H groups in total. The van der Waals surface area contributed by atoms with E-state index in [1.54, 1.807) is 13.3 Å². The Morgan fingerprint density at radius 2 is 2.35 bits per heavy atom. The zero-order chi connectivity index (χ0) is 14.4. The molecule has 1 atom stereocenters. The Labute approximate surface area is 119 Å². The fourth-order valence-corrected chi connectivity index (χ4v) is 2.35. The number of amides is 1. The number of rotatable bonds is 5. The van der Waals surface area contributed by atoms with Gasteiger partial charge in [0.2, 0.25) is 0 Å². The van der Waals surface area contributed by atoms with E-state index in [1.807, 2.05) is 4.90 Å². The van der Waals surface area contributed by atoms with Crippen LogP contribution in [0.1, 0.15) is 30.3 Å². The predicted octanol–water partition coefficient (Wildman–Crippen LogP) is 1.41. The maximum atomic E-state index is 12.3. The van der Waals surface area contributed by atoms with Crippen molar-refractivity contribution >= 4 is 11.7 Å². The molecule has 0 aromatic carbocycles. The molecule has 6 nitrogen and oxygen atoms in total. The molecule has 0 saturated carbocycles. The quantitative estimate of drug-likeness (QED) is 0.825. The van der Waals surface area contributed by atoms with Gasteiger partial charge in [0.05, 0.1) is 19.0 Å². The van der Waals surface area contributed by atoms with Crippen molar-refractivity contribution in [3.8, 4) is 0 Å². The third-order valence-electron chi connectivity index (χ3n) is 3.43. The number of piperidine rings is 1. The number of hydrogen-bond donors (Lipinski definition) is 1. The second kappa shape index (κ2) is 7.19. The Balaban J connectivity index is 1.93. The lowest BCUT2D eigenvalue weighted by atomic mass is 10.0. The van der Waals surface area contributed by atoms with Crippen molar-refractivity contribution in [3.63, 3.8) is 0 Å². The molecule has 0 spiro atoms. The van der Waals surface area contributed by atoms with Crippen LogP contribution in [0.15, 0.2) is 12.4 Å². The van der Waals surface area contributed by atoms with E-state index in [4.69, 9.17) is 4.74 Å². The van der Waals surface area contributed by atoms with E-state index in [0.29, 0.717) is 30.6 Å². The van der Waals surface area contributed by atoms with Gasteiger partial charge in [0.15, 0.2) is 0 Å². The van der Waals surface area contributed by atoms with Crippen LogP contribution in [-0.2, 0) is 4.74 Å². The standard InChI is InChI=1S/C14H22N4O2/c1-11-4-3-6-18(10-11)14(19)12-8-17-13(9-16-12)15-5-7-20-2/h8-9,11H,3-7,10H2,1-2H3,(H,15,17). The highest BCUT2D eigenvalue weighted by atomic mass is 16.5. The number of aromatic nitrogens is 2. The first kappa shape index (κ1) is 14.7. The highest BCUT2D eigenvalue weighted by Crippen LogP contribution is 2.17. The summed E-state index contributed by atoms with van der Waals surface area (Å²) in [5, 5.41) is 3.07. The molecular formula is C14H22N4O2. The lowest BCUT2D eigenvalue weighted by Gasteiger charge is -2.30. The molecule has 0 aliphatic carbocycles. The number of methoxy groups -OCH3 is 1. The maximum absolute atomic E-state index is 12.3. The summed E-state index contributed by atoms with van der Waals surface area (Å²) in [7, 11) is 1.65. The zero-order valence-corrected chi connectivity index (χ0v) is 12.1. The molecule has 2 rings (SSSR count). The van der Waals surface area contributed by atoms with Gasteiger partial charge in [-0.1, -0.05) is 6.92 Å². The Kier molecular flexibility index (Phi) is 5.29. The molecule has 2 heterocycles. The van der Waals surface area contributed by atoms with Gasteiger partial charge in [-0.25, -0.2) is 9.97 Å². The SMILES string of the molecule is COCCNc1cnc(C(=O)N2CCCC(C)C2)cn1. The summed E-state index contributed by atoms with van der Waals surface area (Å²) in [6.45, 7) is 5.08. The number of likely N-dealkylation sites (tertiary alicyclic amines) is 1. The number of carbonyl (C=O) groups is 1. The van der Waals surface area contributed by atoms with Gasteiger partial charge < -0.3 is 15.0 Å². The number of nitrogens with one attached hydrogen (secondary N) is 1. The molecule has 110 valence electrons. The third kappa shape index (κ3) is 3.90. The van der Waals surface area contributed by atoms with Crippen LogP contribution >= 0.6 is 0 Å². The molecule has 1 aliphatic rings. The van der Waals surface area contributed by atoms with E-state index in [9.17, 15) is 4.79 Å². The number of anilines is 1. The van der Waals surface area contributed by atoms with Crippen LogP contribution in [0.4, 0.5) is 5.82 Å². The van der Waals surface area contributed by atoms with Crippen LogP contribution in [0.3, 0.4) is 0 Å². The molecule has 0 radical (unpaired) electrons. The van der Waals surface area contributed by atoms with Crippen molar-refractivity contribution in [2.24, 2.45) is 5.92 Å². The summed E-state index contributed by atoms with van der Waals surface area (Å²) in [5.41, 5.74) is 0.413. The molecule has 0 bridgehead atoms. The molecule has 1 fully saturated rings. The first-order valence-corrected chi connectivity index (χ1v) is 7.05. The third-order valence-corrected chi connectivity index (χ3v) is 3.43. The number of hydrogen-bond acceptors (Lipinski definition) is 5. The van der Waals surface area contributed by atoms with Crippen LogP contribution in [0.2, 0.25) is 0 Å². The molecule has 1 aromatic heterocycles. The minimum atomic E-state index is -0.0208.